The zero-order valence-electron chi connectivity index (χ0n) is 22.4. The van der Waals surface area contributed by atoms with Crippen molar-refractivity contribution in [2.45, 2.75) is 43.9 Å². The van der Waals surface area contributed by atoms with Gasteiger partial charge < -0.3 is 10.2 Å². The van der Waals surface area contributed by atoms with E-state index in [1.54, 1.807) is 36.1 Å². The number of hydrogen-bond acceptors (Lipinski definition) is 7. The molecule has 0 atom stereocenters. The number of anilines is 2. The highest BCUT2D eigenvalue weighted by Gasteiger charge is 2.30. The first-order chi connectivity index (χ1) is 19.6. The second kappa shape index (κ2) is 11.2. The molecule has 4 aromatic rings. The van der Waals surface area contributed by atoms with Crippen LogP contribution in [-0.4, -0.2) is 52.8 Å². The van der Waals surface area contributed by atoms with E-state index in [4.69, 9.17) is 0 Å². The molecule has 0 radical (unpaired) electrons. The number of fused-ring (bicyclic) bond motifs is 1. The number of carbonyl (C=O) groups is 2. The van der Waals surface area contributed by atoms with Crippen LogP contribution in [0.25, 0.3) is 5.65 Å². The lowest BCUT2D eigenvalue weighted by Crippen LogP contribution is -2.38. The number of aryl methyl sites for hydroxylation is 1. The third-order valence-corrected chi connectivity index (χ3v) is 8.45. The summed E-state index contributed by atoms with van der Waals surface area (Å²) in [6.45, 7) is 4.12. The van der Waals surface area contributed by atoms with Crippen molar-refractivity contribution in [1.29, 1.82) is 0 Å². The number of benzene rings is 2. The summed E-state index contributed by atoms with van der Waals surface area (Å²) in [4.78, 5) is 31.1. The van der Waals surface area contributed by atoms with Crippen molar-refractivity contribution in [1.82, 2.24) is 24.2 Å². The second-order valence-corrected chi connectivity index (χ2v) is 11.5. The molecule has 1 aliphatic rings. The van der Waals surface area contributed by atoms with Crippen LogP contribution in [-0.2, 0) is 14.8 Å². The number of aromatic nitrogens is 3. The Morgan fingerprint density at radius 3 is 2.44 bits per heavy atom. The number of rotatable bonds is 7. The summed E-state index contributed by atoms with van der Waals surface area (Å²) in [5.74, 6) is -1.82. The fourth-order valence-corrected chi connectivity index (χ4v) is 5.96. The Hall–Kier alpha value is -4.39. The van der Waals surface area contributed by atoms with Crippen LogP contribution in [0.2, 0.25) is 0 Å². The Labute approximate surface area is 235 Å². The molecular weight excluding hydrogens is 554 g/mol. The summed E-state index contributed by atoms with van der Waals surface area (Å²) in [6.07, 6.45) is 3.50. The van der Waals surface area contributed by atoms with Crippen LogP contribution in [0.15, 0.2) is 59.8 Å². The Balaban J connectivity index is 1.51. The monoisotopic (exact) mass is 582 g/mol. The van der Waals surface area contributed by atoms with E-state index in [0.29, 0.717) is 25.9 Å². The summed E-state index contributed by atoms with van der Waals surface area (Å²) in [5.41, 5.74) is 1.72. The summed E-state index contributed by atoms with van der Waals surface area (Å²) >= 11 is 0. The zero-order chi connectivity index (χ0) is 29.3. The average Bonchev–Trinajstić information content (AvgIpc) is 3.41. The Bertz CT molecular complexity index is 1730. The van der Waals surface area contributed by atoms with Gasteiger partial charge in [0.2, 0.25) is 5.91 Å². The maximum atomic E-state index is 14.8. The van der Waals surface area contributed by atoms with Crippen molar-refractivity contribution in [3.8, 4) is 0 Å². The number of nitrogens with one attached hydrogen (secondary N) is 2. The van der Waals surface area contributed by atoms with Gasteiger partial charge in [0.15, 0.2) is 10.5 Å². The van der Waals surface area contributed by atoms with Crippen molar-refractivity contribution in [3.63, 3.8) is 0 Å². The number of nitrogens with zero attached hydrogens (tertiary/aromatic N) is 4. The van der Waals surface area contributed by atoms with E-state index < -0.39 is 27.7 Å². The molecule has 2 aromatic heterocycles. The highest BCUT2D eigenvalue weighted by Crippen LogP contribution is 2.31. The van der Waals surface area contributed by atoms with Gasteiger partial charge >= 0.3 is 0 Å². The zero-order valence-corrected chi connectivity index (χ0v) is 23.2. The Kier molecular flexibility index (Phi) is 7.72. The molecule has 3 heterocycles. The lowest BCUT2D eigenvalue weighted by Gasteiger charge is -2.32. The van der Waals surface area contributed by atoms with E-state index in [0.717, 1.165) is 21.8 Å². The number of hydrogen-bond donors (Lipinski definition) is 2. The van der Waals surface area contributed by atoms with Crippen LogP contribution in [0, 0.1) is 18.6 Å². The standard InChI is InChI=1S/C28H28F2N6O4S/c1-3-25(37)34-41(39,40)24-16-32-36-26(33-23-14-17(2)4-9-22(23)30)21(15-31-27(24)36)28(38)35-12-10-19(11-13-35)18-5-7-20(29)8-6-18/h4-9,14-16,19,33H,3,10-13H2,1-2H3,(H,34,37). The molecule has 0 unspecified atom stereocenters. The normalized spacial score (nSPS) is 14.3. The number of piperidine rings is 1. The van der Waals surface area contributed by atoms with E-state index >= 15 is 0 Å². The van der Waals surface area contributed by atoms with Crippen LogP contribution in [0.4, 0.5) is 20.3 Å². The molecular formula is C28H28F2N6O4S. The lowest BCUT2D eigenvalue weighted by atomic mass is 9.89. The maximum absolute atomic E-state index is 14.8. The molecule has 13 heteroatoms. The van der Waals surface area contributed by atoms with Crippen molar-refractivity contribution < 1.29 is 26.8 Å². The third-order valence-electron chi connectivity index (χ3n) is 7.08. The lowest BCUT2D eigenvalue weighted by molar-refractivity contribution is -0.119. The molecule has 2 amide bonds. The van der Waals surface area contributed by atoms with Gasteiger partial charge in [-0.15, -0.1) is 0 Å². The van der Waals surface area contributed by atoms with Gasteiger partial charge in [-0.1, -0.05) is 25.1 Å². The fourth-order valence-electron chi connectivity index (χ4n) is 4.84. The maximum Gasteiger partial charge on any atom is 0.269 e. The van der Waals surface area contributed by atoms with Crippen LogP contribution in [0.3, 0.4) is 0 Å². The number of sulfonamides is 1. The molecule has 10 nitrogen and oxygen atoms in total. The largest absolute Gasteiger partial charge is 0.338 e. The summed E-state index contributed by atoms with van der Waals surface area (Å²) in [7, 11) is -4.31. The van der Waals surface area contributed by atoms with Crippen molar-refractivity contribution in [3.05, 3.63) is 83.2 Å². The molecule has 0 bridgehead atoms. The third kappa shape index (κ3) is 5.75. The van der Waals surface area contributed by atoms with E-state index in [-0.39, 0.29) is 45.8 Å². The first-order valence-electron chi connectivity index (χ1n) is 13.1. The van der Waals surface area contributed by atoms with Crippen LogP contribution >= 0.6 is 0 Å². The first-order valence-corrected chi connectivity index (χ1v) is 14.6. The summed E-state index contributed by atoms with van der Waals surface area (Å²) in [5, 5.41) is 7.07. The van der Waals surface area contributed by atoms with Gasteiger partial charge in [0.05, 0.1) is 11.9 Å². The minimum atomic E-state index is -4.31. The van der Waals surface area contributed by atoms with Gasteiger partial charge in [0.25, 0.3) is 15.9 Å². The topological polar surface area (TPSA) is 126 Å². The van der Waals surface area contributed by atoms with E-state index in [1.807, 2.05) is 4.72 Å². The smallest absolute Gasteiger partial charge is 0.269 e. The van der Waals surface area contributed by atoms with E-state index in [9.17, 15) is 26.8 Å². The van der Waals surface area contributed by atoms with Crippen molar-refractivity contribution in [2.24, 2.45) is 0 Å². The molecule has 2 N–H and O–H groups in total. The summed E-state index contributed by atoms with van der Waals surface area (Å²) < 4.78 is 57.0. The molecule has 0 spiro atoms. The molecule has 41 heavy (non-hydrogen) atoms. The van der Waals surface area contributed by atoms with Gasteiger partial charge in [-0.25, -0.2) is 26.9 Å². The number of carbonyl (C=O) groups excluding carboxylic acids is 2. The number of likely N-dealkylation sites (tertiary alicyclic amines) is 1. The minimum Gasteiger partial charge on any atom is -0.338 e. The van der Waals surface area contributed by atoms with Crippen LogP contribution in [0.1, 0.15) is 53.6 Å². The predicted octanol–water partition coefficient (Wildman–Crippen LogP) is 4.29. The predicted molar refractivity (Wildman–Crippen MR) is 147 cm³/mol. The molecule has 1 fully saturated rings. The fraction of sp³-hybridized carbons (Fsp3) is 0.286. The molecule has 214 valence electrons. The van der Waals surface area contributed by atoms with Crippen LogP contribution in [0.5, 0.6) is 0 Å². The molecule has 0 saturated carbocycles. The molecule has 1 saturated heterocycles. The Morgan fingerprint density at radius 2 is 1.76 bits per heavy atom. The second-order valence-electron chi connectivity index (χ2n) is 9.87. The van der Waals surface area contributed by atoms with Crippen molar-refractivity contribution in [2.75, 3.05) is 18.4 Å². The molecule has 0 aliphatic carbocycles. The van der Waals surface area contributed by atoms with E-state index in [1.165, 1.54) is 31.3 Å². The van der Waals surface area contributed by atoms with Gasteiger partial charge in [0, 0.05) is 25.7 Å². The highest BCUT2D eigenvalue weighted by molar-refractivity contribution is 7.90. The number of amides is 2. The average molecular weight is 583 g/mol. The van der Waals surface area contributed by atoms with Gasteiger partial charge in [-0.2, -0.15) is 9.61 Å². The van der Waals surface area contributed by atoms with Gasteiger partial charge in [-0.05, 0) is 61.1 Å². The van der Waals surface area contributed by atoms with Gasteiger partial charge in [0.1, 0.15) is 23.0 Å². The van der Waals surface area contributed by atoms with Crippen molar-refractivity contribution >= 4 is 39.0 Å². The highest BCUT2D eigenvalue weighted by atomic mass is 32.2. The summed E-state index contributed by atoms with van der Waals surface area (Å²) in [6, 6.07) is 10.8. The van der Waals surface area contributed by atoms with Crippen LogP contribution < -0.4 is 10.0 Å². The molecule has 1 aliphatic heterocycles. The molecule has 5 rings (SSSR count). The Morgan fingerprint density at radius 1 is 1.05 bits per heavy atom. The minimum absolute atomic E-state index is 0.0217. The number of halogens is 2. The molecule has 2 aromatic carbocycles. The van der Waals surface area contributed by atoms with Gasteiger partial charge in [-0.3, -0.25) is 9.59 Å². The SMILES string of the molecule is CCC(=O)NS(=O)(=O)c1cnn2c(Nc3cc(C)ccc3F)c(C(=O)N3CCC(c4ccc(F)cc4)CC3)cnc12. The first kappa shape index (κ1) is 28.1. The van der Waals surface area contributed by atoms with E-state index in [2.05, 4.69) is 15.4 Å². The quantitative estimate of drug-likeness (QED) is 0.333.